The maximum absolute atomic E-state index is 5.94. The summed E-state index contributed by atoms with van der Waals surface area (Å²) in [5.41, 5.74) is 3.02. The highest BCUT2D eigenvalue weighted by Gasteiger charge is 2.22. The number of rotatable bonds is 7. The highest BCUT2D eigenvalue weighted by molar-refractivity contribution is 6.30. The van der Waals surface area contributed by atoms with Gasteiger partial charge < -0.3 is 18.7 Å². The maximum atomic E-state index is 5.94. The van der Waals surface area contributed by atoms with Crippen LogP contribution in [0.15, 0.2) is 47.0 Å². The molecule has 0 bridgehead atoms. The van der Waals surface area contributed by atoms with Crippen molar-refractivity contribution in [3.8, 4) is 28.6 Å². The molecule has 0 saturated heterocycles. The third-order valence-electron chi connectivity index (χ3n) is 5.26. The number of aromatic nitrogens is 2. The topological polar surface area (TPSA) is 69.9 Å². The lowest BCUT2D eigenvalue weighted by molar-refractivity contribution is 0.245. The molecule has 0 amide bonds. The van der Waals surface area contributed by atoms with Gasteiger partial charge >= 0.3 is 0 Å². The van der Waals surface area contributed by atoms with Gasteiger partial charge in [-0.05, 0) is 36.3 Å². The van der Waals surface area contributed by atoms with Crippen molar-refractivity contribution in [2.45, 2.75) is 13.0 Å². The predicted octanol–water partition coefficient (Wildman–Crippen LogP) is 4.71. The van der Waals surface area contributed by atoms with Crippen molar-refractivity contribution in [1.29, 1.82) is 0 Å². The normalized spacial score (nSPS) is 14.3. The molecule has 0 spiro atoms. The van der Waals surface area contributed by atoms with E-state index in [1.165, 1.54) is 5.57 Å². The van der Waals surface area contributed by atoms with Crippen LogP contribution in [0.1, 0.15) is 17.9 Å². The van der Waals surface area contributed by atoms with Crippen molar-refractivity contribution < 1.29 is 18.7 Å². The SMILES string of the molecule is COc1cc(OC)c(C2=CCN(Cc3nc(-c4ccc(Cl)cc4)no3)CC2)c(OC)c1. The molecule has 0 unspecified atom stereocenters. The number of ether oxygens (including phenoxy) is 3. The molecule has 1 aliphatic rings. The molecule has 0 aliphatic carbocycles. The summed E-state index contributed by atoms with van der Waals surface area (Å²) in [6, 6.07) is 11.1. The van der Waals surface area contributed by atoms with Gasteiger partial charge in [0.15, 0.2) is 0 Å². The second-order valence-corrected chi connectivity index (χ2v) is 7.58. The average Bonchev–Trinajstić information content (AvgIpc) is 3.27. The molecule has 2 aromatic carbocycles. The Bertz CT molecular complexity index is 1050. The van der Waals surface area contributed by atoms with Crippen LogP contribution in [0, 0.1) is 0 Å². The summed E-state index contributed by atoms with van der Waals surface area (Å²) in [5.74, 6) is 3.32. The van der Waals surface area contributed by atoms with Gasteiger partial charge in [0.2, 0.25) is 11.7 Å². The quantitative estimate of drug-likeness (QED) is 0.526. The van der Waals surface area contributed by atoms with Crippen LogP contribution in [-0.2, 0) is 6.54 Å². The minimum Gasteiger partial charge on any atom is -0.496 e. The fourth-order valence-electron chi connectivity index (χ4n) is 3.63. The number of hydrogen-bond acceptors (Lipinski definition) is 7. The van der Waals surface area contributed by atoms with E-state index in [1.807, 2.05) is 36.4 Å². The van der Waals surface area contributed by atoms with E-state index >= 15 is 0 Å². The summed E-state index contributed by atoms with van der Waals surface area (Å²) in [6.45, 7) is 2.19. The van der Waals surface area contributed by atoms with Crippen LogP contribution in [0.25, 0.3) is 17.0 Å². The van der Waals surface area contributed by atoms with Crippen LogP contribution in [0.5, 0.6) is 17.2 Å². The van der Waals surface area contributed by atoms with Crippen LogP contribution >= 0.6 is 11.6 Å². The summed E-state index contributed by atoms with van der Waals surface area (Å²) < 4.78 is 22.0. The summed E-state index contributed by atoms with van der Waals surface area (Å²) in [7, 11) is 4.93. The molecule has 0 atom stereocenters. The van der Waals surface area contributed by atoms with Gasteiger partial charge in [-0.1, -0.05) is 22.8 Å². The van der Waals surface area contributed by atoms with Crippen molar-refractivity contribution in [1.82, 2.24) is 15.0 Å². The second-order valence-electron chi connectivity index (χ2n) is 7.14. The number of methoxy groups -OCH3 is 3. The number of nitrogens with zero attached hydrogens (tertiary/aromatic N) is 3. The van der Waals surface area contributed by atoms with E-state index in [0.29, 0.717) is 29.0 Å². The zero-order chi connectivity index (χ0) is 21.8. The van der Waals surface area contributed by atoms with E-state index in [4.69, 9.17) is 30.3 Å². The van der Waals surface area contributed by atoms with Crippen LogP contribution in [-0.4, -0.2) is 49.5 Å². The van der Waals surface area contributed by atoms with Crippen molar-refractivity contribution >= 4 is 17.2 Å². The van der Waals surface area contributed by atoms with Crippen molar-refractivity contribution in [3.05, 3.63) is 59.0 Å². The first-order valence-electron chi connectivity index (χ1n) is 9.91. The van der Waals surface area contributed by atoms with Crippen molar-refractivity contribution in [2.75, 3.05) is 34.4 Å². The molecule has 8 heteroatoms. The zero-order valence-electron chi connectivity index (χ0n) is 17.7. The minimum atomic E-state index is 0.563. The predicted molar refractivity (Wildman–Crippen MR) is 119 cm³/mol. The maximum Gasteiger partial charge on any atom is 0.241 e. The van der Waals surface area contributed by atoms with Crippen molar-refractivity contribution in [2.24, 2.45) is 0 Å². The van der Waals surface area contributed by atoms with Crippen LogP contribution in [0.2, 0.25) is 5.02 Å². The van der Waals surface area contributed by atoms with Gasteiger partial charge in [0.1, 0.15) is 17.2 Å². The third kappa shape index (κ3) is 4.68. The lowest BCUT2D eigenvalue weighted by Gasteiger charge is -2.26. The highest BCUT2D eigenvalue weighted by atomic mass is 35.5. The zero-order valence-corrected chi connectivity index (χ0v) is 18.5. The van der Waals surface area contributed by atoms with E-state index in [9.17, 15) is 0 Å². The molecular weight excluding hydrogens is 418 g/mol. The molecule has 162 valence electrons. The van der Waals surface area contributed by atoms with Crippen LogP contribution in [0.4, 0.5) is 0 Å². The number of benzene rings is 2. The van der Waals surface area contributed by atoms with Gasteiger partial charge in [0, 0.05) is 35.8 Å². The van der Waals surface area contributed by atoms with E-state index in [-0.39, 0.29) is 0 Å². The number of halogens is 1. The molecule has 0 fully saturated rings. The monoisotopic (exact) mass is 441 g/mol. The molecule has 4 rings (SSSR count). The molecule has 1 aliphatic heterocycles. The molecule has 2 heterocycles. The molecule has 0 saturated carbocycles. The first kappa shape index (κ1) is 21.2. The Hall–Kier alpha value is -3.03. The smallest absolute Gasteiger partial charge is 0.241 e. The molecule has 0 radical (unpaired) electrons. The lowest BCUT2D eigenvalue weighted by atomic mass is 9.97. The van der Waals surface area contributed by atoms with E-state index < -0.39 is 0 Å². The van der Waals surface area contributed by atoms with Crippen LogP contribution < -0.4 is 14.2 Å². The Morgan fingerprint density at radius 2 is 1.74 bits per heavy atom. The van der Waals surface area contributed by atoms with E-state index in [0.717, 1.165) is 42.1 Å². The summed E-state index contributed by atoms with van der Waals surface area (Å²) in [5, 5.41) is 4.76. The van der Waals surface area contributed by atoms with Gasteiger partial charge in [0.25, 0.3) is 0 Å². The van der Waals surface area contributed by atoms with Crippen LogP contribution in [0.3, 0.4) is 0 Å². The Balaban J connectivity index is 1.47. The molecule has 7 nitrogen and oxygen atoms in total. The van der Waals surface area contributed by atoms with Gasteiger partial charge in [-0.15, -0.1) is 0 Å². The fraction of sp³-hybridized carbons (Fsp3) is 0.304. The van der Waals surface area contributed by atoms with Gasteiger partial charge in [-0.3, -0.25) is 4.90 Å². The van der Waals surface area contributed by atoms with Gasteiger partial charge in [-0.25, -0.2) is 0 Å². The first-order chi connectivity index (χ1) is 15.1. The van der Waals surface area contributed by atoms with Crippen molar-refractivity contribution in [3.63, 3.8) is 0 Å². The average molecular weight is 442 g/mol. The molecule has 1 aromatic heterocycles. The Kier molecular flexibility index (Phi) is 6.44. The number of hydrogen-bond donors (Lipinski definition) is 0. The van der Waals surface area contributed by atoms with E-state index in [1.54, 1.807) is 21.3 Å². The highest BCUT2D eigenvalue weighted by Crippen LogP contribution is 2.40. The molecule has 0 N–H and O–H groups in total. The Labute approximate surface area is 186 Å². The molecule has 3 aromatic rings. The summed E-state index contributed by atoms with van der Waals surface area (Å²) >= 11 is 5.94. The van der Waals surface area contributed by atoms with Gasteiger partial charge in [0.05, 0.1) is 33.4 Å². The second kappa shape index (κ2) is 9.41. The largest absolute Gasteiger partial charge is 0.496 e. The van der Waals surface area contributed by atoms with E-state index in [2.05, 4.69) is 21.1 Å². The summed E-state index contributed by atoms with van der Waals surface area (Å²) in [4.78, 5) is 6.77. The summed E-state index contributed by atoms with van der Waals surface area (Å²) in [6.07, 6.45) is 3.03. The molecular formula is C23H24ClN3O4. The lowest BCUT2D eigenvalue weighted by Crippen LogP contribution is -2.28. The molecule has 31 heavy (non-hydrogen) atoms. The van der Waals surface area contributed by atoms with Gasteiger partial charge in [-0.2, -0.15) is 4.98 Å². The third-order valence-corrected chi connectivity index (χ3v) is 5.51. The Morgan fingerprint density at radius 1 is 1.03 bits per heavy atom. The minimum absolute atomic E-state index is 0.563. The first-order valence-corrected chi connectivity index (χ1v) is 10.3. The fourth-order valence-corrected chi connectivity index (χ4v) is 3.76. The Morgan fingerprint density at radius 3 is 2.32 bits per heavy atom. The standard InChI is InChI=1S/C23H24ClN3O4/c1-28-18-12-19(29-2)22(20(13-18)30-3)15-8-10-27(11-9-15)14-21-25-23(26-31-21)16-4-6-17(24)7-5-16/h4-8,12-13H,9-11,14H2,1-3H3.